The predicted molar refractivity (Wildman–Crippen MR) is 188 cm³/mol. The van der Waals surface area contributed by atoms with Gasteiger partial charge in [0.2, 0.25) is 6.29 Å². The Morgan fingerprint density at radius 1 is 0.750 bits per heavy atom. The minimum atomic E-state index is -1.86. The Labute approximate surface area is 318 Å². The van der Waals surface area contributed by atoms with Crippen molar-refractivity contribution in [2.24, 2.45) is 0 Å². The molecule has 12 atom stereocenters. The Morgan fingerprint density at radius 3 is 2.05 bits per heavy atom. The first-order chi connectivity index (χ1) is 26.7. The van der Waals surface area contributed by atoms with Crippen LogP contribution in [0, 0.1) is 11.8 Å². The summed E-state index contributed by atoms with van der Waals surface area (Å²) in [4.78, 5) is 12.9. The average Bonchev–Trinajstić information content (AvgIpc) is 3.18. The van der Waals surface area contributed by atoms with E-state index in [0.717, 1.165) is 18.2 Å². The number of phenolic OH excluding ortho intramolecular Hbond substituents is 4. The molecule has 18 nitrogen and oxygen atoms in total. The first-order valence-electron chi connectivity index (χ1n) is 17.1. The SMILES string of the molecule is O=C(C=Cc1ccc(O)cc1)OC1C(OC(CC#Cc2ccc(OC3OC(CO)C(O)C(O)C3O)c(O)c2)C(O)c2ccc(O)c(O)c2)OC(CO)C(O)C1O. The molecule has 0 radical (unpaired) electrons. The molecule has 2 heterocycles. The van der Waals surface area contributed by atoms with Gasteiger partial charge in [-0.05, 0) is 59.7 Å². The van der Waals surface area contributed by atoms with Crippen molar-refractivity contribution in [2.75, 3.05) is 13.2 Å². The van der Waals surface area contributed by atoms with Gasteiger partial charge in [-0.1, -0.05) is 30.0 Å². The van der Waals surface area contributed by atoms with Crippen molar-refractivity contribution in [1.82, 2.24) is 0 Å². The fourth-order valence-electron chi connectivity index (χ4n) is 5.80. The maximum atomic E-state index is 12.9. The van der Waals surface area contributed by atoms with Crippen LogP contribution in [0.25, 0.3) is 6.08 Å². The topological polar surface area (TPSA) is 306 Å². The second-order valence-corrected chi connectivity index (χ2v) is 12.9. The van der Waals surface area contributed by atoms with E-state index < -0.39 is 110 Å². The van der Waals surface area contributed by atoms with Crippen molar-refractivity contribution in [3.8, 4) is 40.6 Å². The summed E-state index contributed by atoms with van der Waals surface area (Å²) in [6, 6.07) is 13.1. The van der Waals surface area contributed by atoms with E-state index in [2.05, 4.69) is 11.8 Å². The van der Waals surface area contributed by atoms with Crippen molar-refractivity contribution >= 4 is 12.0 Å². The molecular weight excluding hydrogens is 744 g/mol. The van der Waals surface area contributed by atoms with Gasteiger partial charge >= 0.3 is 5.97 Å². The number of aliphatic hydroxyl groups excluding tert-OH is 8. The van der Waals surface area contributed by atoms with Crippen LogP contribution in [0.1, 0.15) is 29.2 Å². The van der Waals surface area contributed by atoms with E-state index in [1.54, 1.807) is 0 Å². The highest BCUT2D eigenvalue weighted by molar-refractivity contribution is 5.87. The molecule has 0 amide bonds. The molecule has 12 N–H and O–H groups in total. The molecule has 2 fully saturated rings. The normalized spacial score (nSPS) is 28.9. The van der Waals surface area contributed by atoms with E-state index in [9.17, 15) is 66.1 Å². The van der Waals surface area contributed by atoms with Crippen molar-refractivity contribution < 1.29 is 89.8 Å². The van der Waals surface area contributed by atoms with Crippen LogP contribution in [0.4, 0.5) is 0 Å². The predicted octanol–water partition coefficient (Wildman–Crippen LogP) is -1.39. The Balaban J connectivity index is 1.37. The lowest BCUT2D eigenvalue weighted by Crippen LogP contribution is -2.61. The summed E-state index contributed by atoms with van der Waals surface area (Å²) in [6.45, 7) is -1.49. The van der Waals surface area contributed by atoms with Crippen molar-refractivity contribution in [1.29, 1.82) is 0 Å². The maximum absolute atomic E-state index is 12.9. The summed E-state index contributed by atoms with van der Waals surface area (Å²) in [5.74, 6) is 2.75. The van der Waals surface area contributed by atoms with Gasteiger partial charge in [-0.3, -0.25) is 0 Å². The molecule has 56 heavy (non-hydrogen) atoms. The van der Waals surface area contributed by atoms with Gasteiger partial charge in [0.25, 0.3) is 0 Å². The van der Waals surface area contributed by atoms with Gasteiger partial charge in [-0.2, -0.15) is 0 Å². The van der Waals surface area contributed by atoms with Gasteiger partial charge in [-0.25, -0.2) is 4.79 Å². The van der Waals surface area contributed by atoms with Crippen molar-refractivity contribution in [3.63, 3.8) is 0 Å². The monoisotopic (exact) mass is 786 g/mol. The second-order valence-electron chi connectivity index (χ2n) is 12.9. The molecule has 3 aromatic rings. The Kier molecular flexibility index (Phi) is 14.1. The summed E-state index contributed by atoms with van der Waals surface area (Å²) >= 11 is 0. The fraction of sp³-hybridized carbons (Fsp3) is 0.395. The van der Waals surface area contributed by atoms with Crippen LogP contribution < -0.4 is 4.74 Å². The third-order valence-corrected chi connectivity index (χ3v) is 8.97. The summed E-state index contributed by atoms with van der Waals surface area (Å²) < 4.78 is 27.9. The standard InChI is InChI=1S/C38H42O18/c39-16-27-31(47)33(49)35(51)37(54-27)52-25-12-6-19(14-24(25)44)2-1-3-26(30(46)20-8-11-22(42)23(43)15-20)53-38-36(34(50)32(48)28(17-40)55-38)56-29(45)13-7-18-4-9-21(41)10-5-18/h4-15,26-28,30-44,46-51H,3,16-17H2. The molecule has 3 aromatic carbocycles. The third kappa shape index (κ3) is 10.0. The Morgan fingerprint density at radius 2 is 1.41 bits per heavy atom. The molecular formula is C38H42O18. The van der Waals surface area contributed by atoms with E-state index in [1.165, 1.54) is 54.6 Å². The zero-order chi connectivity index (χ0) is 40.7. The van der Waals surface area contributed by atoms with E-state index >= 15 is 0 Å². The number of esters is 1. The van der Waals surface area contributed by atoms with Gasteiger partial charge in [-0.15, -0.1) is 0 Å². The number of benzene rings is 3. The lowest BCUT2D eigenvalue weighted by Gasteiger charge is -2.42. The number of phenols is 4. The number of aliphatic hydroxyl groups is 8. The number of carbonyl (C=O) groups excluding carboxylic acids is 1. The molecule has 0 aliphatic carbocycles. The average molecular weight is 787 g/mol. The summed E-state index contributed by atoms with van der Waals surface area (Å²) in [5.41, 5.74) is 0.732. The molecule has 12 unspecified atom stereocenters. The van der Waals surface area contributed by atoms with Crippen molar-refractivity contribution in [3.05, 3.63) is 83.4 Å². The van der Waals surface area contributed by atoms with E-state index in [1.807, 2.05) is 0 Å². The molecule has 18 heteroatoms. The van der Waals surface area contributed by atoms with E-state index in [4.69, 9.17) is 23.7 Å². The number of carbonyl (C=O) groups is 1. The molecule has 302 valence electrons. The number of ether oxygens (including phenoxy) is 5. The van der Waals surface area contributed by atoms with Crippen LogP contribution in [0.2, 0.25) is 0 Å². The maximum Gasteiger partial charge on any atom is 0.331 e. The fourth-order valence-corrected chi connectivity index (χ4v) is 5.80. The number of hydrogen-bond donors (Lipinski definition) is 12. The zero-order valence-corrected chi connectivity index (χ0v) is 29.3. The minimum Gasteiger partial charge on any atom is -0.508 e. The smallest absolute Gasteiger partial charge is 0.331 e. The summed E-state index contributed by atoms with van der Waals surface area (Å²) in [5, 5.41) is 123. The molecule has 2 saturated heterocycles. The molecule has 0 saturated carbocycles. The first-order valence-corrected chi connectivity index (χ1v) is 17.1. The first kappa shape index (κ1) is 42.1. The number of aromatic hydroxyl groups is 4. The summed E-state index contributed by atoms with van der Waals surface area (Å²) in [6.07, 6.45) is -17.4. The van der Waals surface area contributed by atoms with Gasteiger partial charge < -0.3 is 85.0 Å². The quantitative estimate of drug-likeness (QED) is 0.0435. The van der Waals surface area contributed by atoms with Gasteiger partial charge in [0.1, 0.15) is 60.7 Å². The largest absolute Gasteiger partial charge is 0.508 e. The highest BCUT2D eigenvalue weighted by atomic mass is 16.7. The van der Waals surface area contributed by atoms with Crippen LogP contribution in [0.5, 0.6) is 28.7 Å². The second kappa shape index (κ2) is 18.8. The lowest BCUT2D eigenvalue weighted by molar-refractivity contribution is -0.318. The molecule has 0 spiro atoms. The van der Waals surface area contributed by atoms with Gasteiger partial charge in [0.15, 0.2) is 35.4 Å². The van der Waals surface area contributed by atoms with Gasteiger partial charge in [0, 0.05) is 18.1 Å². The molecule has 2 aliphatic heterocycles. The van der Waals surface area contributed by atoms with E-state index in [-0.39, 0.29) is 29.0 Å². The third-order valence-electron chi connectivity index (χ3n) is 8.97. The highest BCUT2D eigenvalue weighted by Crippen LogP contribution is 2.34. The number of hydrogen-bond acceptors (Lipinski definition) is 18. The van der Waals surface area contributed by atoms with Crippen molar-refractivity contribution in [2.45, 2.75) is 80.0 Å². The van der Waals surface area contributed by atoms with Crippen LogP contribution >= 0.6 is 0 Å². The van der Waals surface area contributed by atoms with Crippen LogP contribution in [-0.2, 0) is 23.7 Å². The molecule has 0 bridgehead atoms. The van der Waals surface area contributed by atoms with E-state index in [0.29, 0.717) is 5.56 Å². The van der Waals surface area contributed by atoms with Crippen LogP contribution in [0.3, 0.4) is 0 Å². The van der Waals surface area contributed by atoms with Crippen LogP contribution in [-0.4, -0.2) is 148 Å². The molecule has 0 aromatic heterocycles. The highest BCUT2D eigenvalue weighted by Gasteiger charge is 2.48. The lowest BCUT2D eigenvalue weighted by atomic mass is 9.98. The zero-order valence-electron chi connectivity index (χ0n) is 29.3. The minimum absolute atomic E-state index is 0.000602. The molecule has 2 aliphatic rings. The Bertz CT molecular complexity index is 1870. The van der Waals surface area contributed by atoms with Gasteiger partial charge in [0.05, 0.1) is 13.2 Å². The molecule has 5 rings (SSSR count). The Hall–Kier alpha value is -5.01. The van der Waals surface area contributed by atoms with Crippen LogP contribution in [0.15, 0.2) is 66.7 Å². The summed E-state index contributed by atoms with van der Waals surface area (Å²) in [7, 11) is 0. The number of rotatable bonds is 12.